The normalized spacial score (nSPS) is 11.4. The summed E-state index contributed by atoms with van der Waals surface area (Å²) in [6.45, 7) is 6.66. The molecule has 0 radical (unpaired) electrons. The van der Waals surface area contributed by atoms with Crippen LogP contribution in [0.2, 0.25) is 0 Å². The summed E-state index contributed by atoms with van der Waals surface area (Å²) >= 11 is 0. The van der Waals surface area contributed by atoms with E-state index in [0.717, 1.165) is 11.1 Å². The topological polar surface area (TPSA) is 40.5 Å². The van der Waals surface area contributed by atoms with Gasteiger partial charge >= 0.3 is 7.12 Å². The summed E-state index contributed by atoms with van der Waals surface area (Å²) < 4.78 is 0. The van der Waals surface area contributed by atoms with Gasteiger partial charge in [-0.2, -0.15) is 0 Å². The standard InChI is InChI=1S/C22H23BO2/c1-22(2,3)20-12-8-18(9-13-20)16-4-6-17(7-5-16)19-10-14-21(15-11-19)23(24)25/h4-15,24-25H,1-3H3. The van der Waals surface area contributed by atoms with Gasteiger partial charge in [0.1, 0.15) is 0 Å². The van der Waals surface area contributed by atoms with Crippen molar-refractivity contribution < 1.29 is 10.0 Å². The summed E-state index contributed by atoms with van der Waals surface area (Å²) in [4.78, 5) is 0. The second-order valence-corrected chi connectivity index (χ2v) is 7.40. The van der Waals surface area contributed by atoms with E-state index in [-0.39, 0.29) is 5.41 Å². The lowest BCUT2D eigenvalue weighted by Gasteiger charge is -2.19. The first-order valence-corrected chi connectivity index (χ1v) is 8.52. The van der Waals surface area contributed by atoms with Crippen molar-refractivity contribution in [2.24, 2.45) is 0 Å². The van der Waals surface area contributed by atoms with Gasteiger partial charge in [-0.15, -0.1) is 0 Å². The minimum Gasteiger partial charge on any atom is -0.423 e. The molecule has 0 saturated heterocycles. The van der Waals surface area contributed by atoms with Gasteiger partial charge in [0.2, 0.25) is 0 Å². The molecule has 0 aliphatic rings. The van der Waals surface area contributed by atoms with Crippen LogP contribution >= 0.6 is 0 Å². The van der Waals surface area contributed by atoms with Crippen LogP contribution in [0.15, 0.2) is 72.8 Å². The van der Waals surface area contributed by atoms with Crippen molar-refractivity contribution in [3.05, 3.63) is 78.4 Å². The van der Waals surface area contributed by atoms with E-state index in [9.17, 15) is 10.0 Å². The fraction of sp³-hybridized carbons (Fsp3) is 0.182. The summed E-state index contributed by atoms with van der Waals surface area (Å²) in [5, 5.41) is 18.3. The molecule has 0 atom stereocenters. The van der Waals surface area contributed by atoms with Crippen LogP contribution in [0.25, 0.3) is 22.3 Å². The highest BCUT2D eigenvalue weighted by molar-refractivity contribution is 6.58. The fourth-order valence-electron chi connectivity index (χ4n) is 2.87. The molecule has 0 spiro atoms. The monoisotopic (exact) mass is 330 g/mol. The molecular formula is C22H23BO2. The SMILES string of the molecule is CC(C)(C)c1ccc(-c2ccc(-c3ccc(B(O)O)cc3)cc2)cc1. The van der Waals surface area contributed by atoms with Gasteiger partial charge in [-0.25, -0.2) is 0 Å². The summed E-state index contributed by atoms with van der Waals surface area (Å²) in [5.41, 5.74) is 6.55. The molecule has 3 heteroatoms. The van der Waals surface area contributed by atoms with E-state index in [4.69, 9.17) is 0 Å². The highest BCUT2D eigenvalue weighted by Crippen LogP contribution is 2.28. The molecule has 0 unspecified atom stereocenters. The average molecular weight is 330 g/mol. The molecule has 2 nitrogen and oxygen atoms in total. The summed E-state index contributed by atoms with van der Waals surface area (Å²) in [5.74, 6) is 0. The highest BCUT2D eigenvalue weighted by atomic mass is 16.4. The Bertz CT molecular complexity index is 827. The molecule has 2 N–H and O–H groups in total. The van der Waals surface area contributed by atoms with Crippen molar-refractivity contribution in [3.8, 4) is 22.3 Å². The minimum atomic E-state index is -1.42. The van der Waals surface area contributed by atoms with Gasteiger partial charge in [0.05, 0.1) is 0 Å². The number of benzene rings is 3. The zero-order valence-corrected chi connectivity index (χ0v) is 14.9. The fourth-order valence-corrected chi connectivity index (χ4v) is 2.87. The van der Waals surface area contributed by atoms with Gasteiger partial charge in [-0.3, -0.25) is 0 Å². The van der Waals surface area contributed by atoms with Crippen LogP contribution in [0.1, 0.15) is 26.3 Å². The van der Waals surface area contributed by atoms with Crippen molar-refractivity contribution in [2.75, 3.05) is 0 Å². The molecule has 25 heavy (non-hydrogen) atoms. The molecule has 0 saturated carbocycles. The van der Waals surface area contributed by atoms with E-state index in [1.807, 2.05) is 12.1 Å². The van der Waals surface area contributed by atoms with Crippen LogP contribution in [0.4, 0.5) is 0 Å². The van der Waals surface area contributed by atoms with Crippen LogP contribution in [0, 0.1) is 0 Å². The molecule has 0 aliphatic heterocycles. The maximum atomic E-state index is 9.17. The smallest absolute Gasteiger partial charge is 0.423 e. The molecule has 0 aliphatic carbocycles. The van der Waals surface area contributed by atoms with Crippen LogP contribution in [-0.4, -0.2) is 17.2 Å². The second kappa shape index (κ2) is 6.87. The maximum Gasteiger partial charge on any atom is 0.488 e. The summed E-state index contributed by atoms with van der Waals surface area (Å²) in [6.07, 6.45) is 0. The third-order valence-corrected chi connectivity index (χ3v) is 4.51. The molecule has 0 aromatic heterocycles. The van der Waals surface area contributed by atoms with Crippen molar-refractivity contribution >= 4 is 12.6 Å². The molecule has 3 rings (SSSR count). The minimum absolute atomic E-state index is 0.163. The Balaban J connectivity index is 1.82. The van der Waals surface area contributed by atoms with Gasteiger partial charge in [0.15, 0.2) is 0 Å². The number of hydrogen-bond donors (Lipinski definition) is 2. The highest BCUT2D eigenvalue weighted by Gasteiger charge is 2.13. The first kappa shape index (κ1) is 17.5. The van der Waals surface area contributed by atoms with Crippen LogP contribution in [0.5, 0.6) is 0 Å². The molecule has 3 aromatic rings. The second-order valence-electron chi connectivity index (χ2n) is 7.40. The lowest BCUT2D eigenvalue weighted by Crippen LogP contribution is -2.29. The average Bonchev–Trinajstić information content (AvgIpc) is 2.61. The predicted octanol–water partition coefficient (Wildman–Crippen LogP) is 4.00. The van der Waals surface area contributed by atoms with Crippen LogP contribution in [-0.2, 0) is 5.41 Å². The molecule has 0 fully saturated rings. The van der Waals surface area contributed by atoms with E-state index in [2.05, 4.69) is 69.3 Å². The third-order valence-electron chi connectivity index (χ3n) is 4.51. The first-order chi connectivity index (χ1) is 11.8. The van der Waals surface area contributed by atoms with Crippen LogP contribution < -0.4 is 5.46 Å². The van der Waals surface area contributed by atoms with Gasteiger partial charge in [0.25, 0.3) is 0 Å². The Hall–Kier alpha value is -2.36. The van der Waals surface area contributed by atoms with Gasteiger partial charge in [0, 0.05) is 0 Å². The Morgan fingerprint density at radius 3 is 1.20 bits per heavy atom. The molecule has 126 valence electrons. The lowest BCUT2D eigenvalue weighted by molar-refractivity contribution is 0.426. The number of hydrogen-bond acceptors (Lipinski definition) is 2. The summed E-state index contributed by atoms with van der Waals surface area (Å²) in [6, 6.07) is 24.5. The van der Waals surface area contributed by atoms with E-state index < -0.39 is 7.12 Å². The van der Waals surface area contributed by atoms with E-state index >= 15 is 0 Å². The zero-order valence-electron chi connectivity index (χ0n) is 14.9. The van der Waals surface area contributed by atoms with E-state index in [1.54, 1.807) is 12.1 Å². The molecule has 0 heterocycles. The van der Waals surface area contributed by atoms with Crippen molar-refractivity contribution in [2.45, 2.75) is 26.2 Å². The third kappa shape index (κ3) is 4.01. The first-order valence-electron chi connectivity index (χ1n) is 8.52. The Morgan fingerprint density at radius 1 is 0.560 bits per heavy atom. The maximum absolute atomic E-state index is 9.17. The Labute approximate surface area is 149 Å². The lowest BCUT2D eigenvalue weighted by atomic mass is 9.80. The van der Waals surface area contributed by atoms with Gasteiger partial charge in [-0.1, -0.05) is 93.6 Å². The molecular weight excluding hydrogens is 307 g/mol. The van der Waals surface area contributed by atoms with Crippen LogP contribution in [0.3, 0.4) is 0 Å². The Morgan fingerprint density at radius 2 is 0.880 bits per heavy atom. The van der Waals surface area contributed by atoms with Crippen molar-refractivity contribution in [1.82, 2.24) is 0 Å². The van der Waals surface area contributed by atoms with Gasteiger partial charge in [-0.05, 0) is 38.7 Å². The Kier molecular flexibility index (Phi) is 4.80. The predicted molar refractivity (Wildman–Crippen MR) is 106 cm³/mol. The van der Waals surface area contributed by atoms with Crippen molar-refractivity contribution in [1.29, 1.82) is 0 Å². The quantitative estimate of drug-likeness (QED) is 0.713. The van der Waals surface area contributed by atoms with E-state index in [0.29, 0.717) is 5.46 Å². The van der Waals surface area contributed by atoms with Crippen molar-refractivity contribution in [3.63, 3.8) is 0 Å². The molecule has 0 amide bonds. The molecule has 0 bridgehead atoms. The molecule has 3 aromatic carbocycles. The van der Waals surface area contributed by atoms with Gasteiger partial charge < -0.3 is 10.0 Å². The summed E-state index contributed by atoms with van der Waals surface area (Å²) in [7, 11) is -1.42. The van der Waals surface area contributed by atoms with E-state index in [1.165, 1.54) is 16.7 Å². The zero-order chi connectivity index (χ0) is 18.0. The number of rotatable bonds is 3. The largest absolute Gasteiger partial charge is 0.488 e.